The minimum atomic E-state index is -0.748. The molecule has 0 bridgehead atoms. The maximum absolute atomic E-state index is 11.1. The van der Waals surface area contributed by atoms with Gasteiger partial charge in [0, 0.05) is 6.54 Å². The first-order valence-electron chi connectivity index (χ1n) is 5.61. The lowest BCUT2D eigenvalue weighted by Crippen LogP contribution is -2.35. The van der Waals surface area contributed by atoms with Crippen LogP contribution in [0.2, 0.25) is 0 Å². The minimum absolute atomic E-state index is 0.407. The first-order valence-corrected chi connectivity index (χ1v) is 6.42. The van der Waals surface area contributed by atoms with E-state index < -0.39 is 12.0 Å². The van der Waals surface area contributed by atoms with Crippen molar-refractivity contribution in [1.82, 2.24) is 4.98 Å². The Bertz CT molecular complexity index is 533. The number of aliphatic carboxylic acids is 1. The molecule has 1 aliphatic heterocycles. The van der Waals surface area contributed by atoms with Gasteiger partial charge in [-0.25, -0.2) is 9.78 Å². The maximum atomic E-state index is 11.1. The van der Waals surface area contributed by atoms with Crippen LogP contribution in [0.3, 0.4) is 0 Å². The number of carbonyl (C=O) groups is 1. The Morgan fingerprint density at radius 1 is 1.47 bits per heavy atom. The Labute approximate surface area is 103 Å². The third-order valence-electron chi connectivity index (χ3n) is 3.07. The second-order valence-corrected chi connectivity index (χ2v) is 5.16. The highest BCUT2D eigenvalue weighted by atomic mass is 32.1. The molecule has 1 aromatic heterocycles. The molecule has 2 aromatic rings. The normalized spacial score (nSPS) is 20.0. The zero-order valence-electron chi connectivity index (χ0n) is 9.17. The standard InChI is InChI=1S/C12H12N2O2S/c15-11(16)9-5-3-7-14(9)12-13-8-4-1-2-6-10(8)17-12/h1-2,4,6,9H,3,5,7H2,(H,15,16). The molecular weight excluding hydrogens is 236 g/mol. The third-order valence-corrected chi connectivity index (χ3v) is 4.14. The van der Waals surface area contributed by atoms with Crippen molar-refractivity contribution in [2.24, 2.45) is 0 Å². The van der Waals surface area contributed by atoms with Crippen molar-refractivity contribution in [3.63, 3.8) is 0 Å². The van der Waals surface area contributed by atoms with Gasteiger partial charge in [-0.3, -0.25) is 0 Å². The summed E-state index contributed by atoms with van der Waals surface area (Å²) in [5, 5.41) is 9.98. The number of nitrogens with zero attached hydrogens (tertiary/aromatic N) is 2. The predicted octanol–water partition coefficient (Wildman–Crippen LogP) is 2.35. The van der Waals surface area contributed by atoms with Crippen LogP contribution in [0.1, 0.15) is 12.8 Å². The molecule has 17 heavy (non-hydrogen) atoms. The van der Waals surface area contributed by atoms with E-state index in [0.29, 0.717) is 6.42 Å². The van der Waals surface area contributed by atoms with Crippen molar-refractivity contribution >= 4 is 32.7 Å². The van der Waals surface area contributed by atoms with Crippen LogP contribution in [-0.4, -0.2) is 28.6 Å². The fourth-order valence-electron chi connectivity index (χ4n) is 2.24. The lowest BCUT2D eigenvalue weighted by atomic mass is 10.2. The van der Waals surface area contributed by atoms with Crippen LogP contribution >= 0.6 is 11.3 Å². The van der Waals surface area contributed by atoms with E-state index in [2.05, 4.69) is 4.98 Å². The summed E-state index contributed by atoms with van der Waals surface area (Å²) in [5.41, 5.74) is 0.948. The molecule has 2 heterocycles. The highest BCUT2D eigenvalue weighted by Gasteiger charge is 2.32. The van der Waals surface area contributed by atoms with Gasteiger partial charge in [-0.2, -0.15) is 0 Å². The molecule has 0 radical (unpaired) electrons. The van der Waals surface area contributed by atoms with Crippen LogP contribution in [0.4, 0.5) is 5.13 Å². The van der Waals surface area contributed by atoms with Crippen LogP contribution in [0.15, 0.2) is 24.3 Å². The molecule has 1 aliphatic rings. The van der Waals surface area contributed by atoms with Crippen LogP contribution in [0, 0.1) is 0 Å². The molecule has 4 nitrogen and oxygen atoms in total. The quantitative estimate of drug-likeness (QED) is 0.886. The summed E-state index contributed by atoms with van der Waals surface area (Å²) in [6, 6.07) is 7.49. The molecular formula is C12H12N2O2S. The SMILES string of the molecule is O=C(O)C1CCCN1c1nc2ccccc2s1. The predicted molar refractivity (Wildman–Crippen MR) is 67.6 cm³/mol. The van der Waals surface area contributed by atoms with E-state index >= 15 is 0 Å². The van der Waals surface area contributed by atoms with Gasteiger partial charge >= 0.3 is 5.97 Å². The van der Waals surface area contributed by atoms with Gasteiger partial charge in [-0.15, -0.1) is 0 Å². The summed E-state index contributed by atoms with van der Waals surface area (Å²) >= 11 is 1.57. The van der Waals surface area contributed by atoms with Crippen molar-refractivity contribution in [3.8, 4) is 0 Å². The van der Waals surface area contributed by atoms with Crippen LogP contribution in [-0.2, 0) is 4.79 Å². The van der Waals surface area contributed by atoms with Gasteiger partial charge in [-0.05, 0) is 25.0 Å². The number of carboxylic acid groups (broad SMARTS) is 1. The van der Waals surface area contributed by atoms with Crippen LogP contribution < -0.4 is 4.90 Å². The fourth-order valence-corrected chi connectivity index (χ4v) is 3.28. The summed E-state index contributed by atoms with van der Waals surface area (Å²) in [6.07, 6.45) is 1.64. The van der Waals surface area contributed by atoms with E-state index in [9.17, 15) is 4.79 Å². The largest absolute Gasteiger partial charge is 0.480 e. The minimum Gasteiger partial charge on any atom is -0.480 e. The maximum Gasteiger partial charge on any atom is 0.326 e. The lowest BCUT2D eigenvalue weighted by molar-refractivity contribution is -0.138. The number of hydrogen-bond donors (Lipinski definition) is 1. The molecule has 0 spiro atoms. The van der Waals surface area contributed by atoms with Gasteiger partial charge in [0.05, 0.1) is 10.2 Å². The highest BCUT2D eigenvalue weighted by molar-refractivity contribution is 7.22. The molecule has 3 rings (SSSR count). The Balaban J connectivity index is 2.00. The first kappa shape index (κ1) is 10.5. The van der Waals surface area contributed by atoms with E-state index in [1.807, 2.05) is 29.2 Å². The number of carboxylic acids is 1. The monoisotopic (exact) mass is 248 g/mol. The number of aromatic nitrogens is 1. The lowest BCUT2D eigenvalue weighted by Gasteiger charge is -2.19. The Kier molecular flexibility index (Phi) is 2.48. The van der Waals surface area contributed by atoms with Gasteiger partial charge in [0.15, 0.2) is 5.13 Å². The van der Waals surface area contributed by atoms with Gasteiger partial charge in [0.25, 0.3) is 0 Å². The van der Waals surface area contributed by atoms with E-state index in [0.717, 1.165) is 28.3 Å². The number of fused-ring (bicyclic) bond motifs is 1. The van der Waals surface area contributed by atoms with Crippen molar-refractivity contribution in [3.05, 3.63) is 24.3 Å². The van der Waals surface area contributed by atoms with Crippen molar-refractivity contribution in [2.75, 3.05) is 11.4 Å². The molecule has 1 fully saturated rings. The molecule has 0 saturated carbocycles. The van der Waals surface area contributed by atoms with Crippen LogP contribution in [0.25, 0.3) is 10.2 Å². The number of rotatable bonds is 2. The zero-order chi connectivity index (χ0) is 11.8. The third kappa shape index (κ3) is 1.76. The Morgan fingerprint density at radius 3 is 3.06 bits per heavy atom. The number of hydrogen-bond acceptors (Lipinski definition) is 4. The van der Waals surface area contributed by atoms with Crippen molar-refractivity contribution < 1.29 is 9.90 Å². The number of benzene rings is 1. The van der Waals surface area contributed by atoms with E-state index in [-0.39, 0.29) is 0 Å². The average molecular weight is 248 g/mol. The average Bonchev–Trinajstić information content (AvgIpc) is 2.95. The Morgan fingerprint density at radius 2 is 2.29 bits per heavy atom. The van der Waals surface area contributed by atoms with Gasteiger partial charge < -0.3 is 10.0 Å². The number of para-hydroxylation sites is 1. The summed E-state index contributed by atoms with van der Waals surface area (Å²) in [7, 11) is 0. The topological polar surface area (TPSA) is 53.4 Å². The molecule has 1 atom stereocenters. The zero-order valence-corrected chi connectivity index (χ0v) is 9.98. The molecule has 0 aliphatic carbocycles. The molecule has 1 aromatic carbocycles. The van der Waals surface area contributed by atoms with Crippen molar-refractivity contribution in [1.29, 1.82) is 0 Å². The highest BCUT2D eigenvalue weighted by Crippen LogP contribution is 2.33. The Hall–Kier alpha value is -1.62. The summed E-state index contributed by atoms with van der Waals surface area (Å²) < 4.78 is 1.11. The van der Waals surface area contributed by atoms with Gasteiger partial charge in [0.2, 0.25) is 0 Å². The molecule has 0 amide bonds. The second-order valence-electron chi connectivity index (χ2n) is 4.15. The van der Waals surface area contributed by atoms with Gasteiger partial charge in [0.1, 0.15) is 6.04 Å². The number of thiazole rings is 1. The molecule has 5 heteroatoms. The summed E-state index contributed by atoms with van der Waals surface area (Å²) in [5.74, 6) is -0.748. The smallest absolute Gasteiger partial charge is 0.326 e. The van der Waals surface area contributed by atoms with E-state index in [1.165, 1.54) is 0 Å². The second kappa shape index (κ2) is 4.00. The molecule has 1 saturated heterocycles. The summed E-state index contributed by atoms with van der Waals surface area (Å²) in [6.45, 7) is 0.788. The van der Waals surface area contributed by atoms with E-state index in [4.69, 9.17) is 5.11 Å². The van der Waals surface area contributed by atoms with Crippen LogP contribution in [0.5, 0.6) is 0 Å². The van der Waals surface area contributed by atoms with E-state index in [1.54, 1.807) is 11.3 Å². The van der Waals surface area contributed by atoms with Crippen molar-refractivity contribution in [2.45, 2.75) is 18.9 Å². The molecule has 1 unspecified atom stereocenters. The fraction of sp³-hybridized carbons (Fsp3) is 0.333. The van der Waals surface area contributed by atoms with Gasteiger partial charge in [-0.1, -0.05) is 23.5 Å². The first-order chi connectivity index (χ1) is 8.25. The summed E-state index contributed by atoms with van der Waals surface area (Å²) in [4.78, 5) is 17.6. The molecule has 88 valence electrons. The number of anilines is 1. The molecule has 1 N–H and O–H groups in total.